The molecular weight excluding hydrogens is 839 g/mol. The summed E-state index contributed by atoms with van der Waals surface area (Å²) in [7, 11) is 0. The molecule has 0 spiro atoms. The van der Waals surface area contributed by atoms with Gasteiger partial charge in [0.2, 0.25) is 5.91 Å². The molecular formula is C62H119NO5. The molecule has 1 amide bonds. The van der Waals surface area contributed by atoms with Crippen molar-refractivity contribution >= 4 is 11.9 Å². The van der Waals surface area contributed by atoms with Crippen LogP contribution in [0.2, 0.25) is 0 Å². The lowest BCUT2D eigenvalue weighted by Crippen LogP contribution is -2.45. The van der Waals surface area contributed by atoms with Crippen LogP contribution in [0.25, 0.3) is 0 Å². The minimum atomic E-state index is -0.665. The molecule has 6 heteroatoms. The summed E-state index contributed by atoms with van der Waals surface area (Å²) >= 11 is 0. The van der Waals surface area contributed by atoms with Crippen molar-refractivity contribution in [3.05, 3.63) is 24.3 Å². The molecule has 0 saturated carbocycles. The van der Waals surface area contributed by atoms with Gasteiger partial charge in [0, 0.05) is 12.8 Å². The van der Waals surface area contributed by atoms with Crippen molar-refractivity contribution in [1.29, 1.82) is 0 Å². The average Bonchev–Trinajstić information content (AvgIpc) is 3.34. The molecule has 0 aromatic heterocycles. The van der Waals surface area contributed by atoms with Gasteiger partial charge in [-0.15, -0.1) is 0 Å². The fraction of sp³-hybridized carbons (Fsp3) is 0.903. The van der Waals surface area contributed by atoms with E-state index in [4.69, 9.17) is 4.74 Å². The van der Waals surface area contributed by atoms with Crippen LogP contribution in [0.3, 0.4) is 0 Å². The SMILES string of the molecule is CCCCC/C=C\C/C=C\CCCCCCCC(=O)OCCCCCCCCCCCCCCCCCCCCCCCC(=O)NC(CO)C(O)CCCCCCCCCCCCCCCCC. The van der Waals surface area contributed by atoms with Crippen LogP contribution in [0.5, 0.6) is 0 Å². The number of aliphatic hydroxyl groups is 2. The van der Waals surface area contributed by atoms with E-state index in [-0.39, 0.29) is 18.5 Å². The second-order valence-electron chi connectivity index (χ2n) is 21.0. The first-order chi connectivity index (χ1) is 33.5. The first-order valence-electron chi connectivity index (χ1n) is 30.6. The lowest BCUT2D eigenvalue weighted by atomic mass is 10.0. The minimum absolute atomic E-state index is 0.00162. The van der Waals surface area contributed by atoms with E-state index in [0.29, 0.717) is 25.9 Å². The smallest absolute Gasteiger partial charge is 0.305 e. The van der Waals surface area contributed by atoms with Crippen LogP contribution in [0.4, 0.5) is 0 Å². The summed E-state index contributed by atoms with van der Waals surface area (Å²) in [4.78, 5) is 24.5. The Morgan fingerprint density at radius 1 is 0.412 bits per heavy atom. The Morgan fingerprint density at radius 2 is 0.735 bits per heavy atom. The van der Waals surface area contributed by atoms with Crippen LogP contribution >= 0.6 is 0 Å². The van der Waals surface area contributed by atoms with Gasteiger partial charge in [0.25, 0.3) is 0 Å². The Hall–Kier alpha value is -1.66. The second-order valence-corrected chi connectivity index (χ2v) is 21.0. The molecule has 0 saturated heterocycles. The third-order valence-electron chi connectivity index (χ3n) is 14.3. The van der Waals surface area contributed by atoms with Crippen LogP contribution in [0.15, 0.2) is 24.3 Å². The highest BCUT2D eigenvalue weighted by molar-refractivity contribution is 5.76. The molecule has 0 aliphatic carbocycles. The normalized spacial score (nSPS) is 12.7. The van der Waals surface area contributed by atoms with Crippen LogP contribution in [0, 0.1) is 0 Å². The molecule has 0 heterocycles. The Labute approximate surface area is 424 Å². The number of rotatable bonds is 57. The fourth-order valence-corrected chi connectivity index (χ4v) is 9.55. The van der Waals surface area contributed by atoms with Gasteiger partial charge in [-0.25, -0.2) is 0 Å². The van der Waals surface area contributed by atoms with Crippen LogP contribution < -0.4 is 5.32 Å². The van der Waals surface area contributed by atoms with Crippen molar-refractivity contribution in [2.45, 2.75) is 347 Å². The predicted octanol–water partition coefficient (Wildman–Crippen LogP) is 19.0. The summed E-state index contributed by atoms with van der Waals surface area (Å²) in [5, 5.41) is 23.3. The number of unbranched alkanes of at least 4 members (excludes halogenated alkanes) is 42. The van der Waals surface area contributed by atoms with Gasteiger partial charge in [0.1, 0.15) is 0 Å². The Balaban J connectivity index is 3.38. The van der Waals surface area contributed by atoms with Gasteiger partial charge in [-0.2, -0.15) is 0 Å². The Bertz CT molecular complexity index is 1060. The minimum Gasteiger partial charge on any atom is -0.466 e. The van der Waals surface area contributed by atoms with Gasteiger partial charge in [0.05, 0.1) is 25.4 Å². The first kappa shape index (κ1) is 66.3. The maximum Gasteiger partial charge on any atom is 0.305 e. The largest absolute Gasteiger partial charge is 0.466 e. The molecule has 0 aliphatic rings. The van der Waals surface area contributed by atoms with Crippen molar-refractivity contribution in [1.82, 2.24) is 5.32 Å². The number of amides is 1. The highest BCUT2D eigenvalue weighted by Crippen LogP contribution is 2.18. The van der Waals surface area contributed by atoms with Crippen molar-refractivity contribution in [2.24, 2.45) is 0 Å². The molecule has 0 fully saturated rings. The quantitative estimate of drug-likeness (QED) is 0.0321. The number of carbonyl (C=O) groups excluding carboxylic acids is 2. The van der Waals surface area contributed by atoms with Gasteiger partial charge in [0.15, 0.2) is 0 Å². The number of nitrogens with one attached hydrogen (secondary N) is 1. The Kier molecular flexibility index (Phi) is 56.5. The number of allylic oxidation sites excluding steroid dienone is 4. The summed E-state index contributed by atoms with van der Waals surface area (Å²) in [6, 6.07) is -0.542. The monoisotopic (exact) mass is 958 g/mol. The van der Waals surface area contributed by atoms with Gasteiger partial charge in [-0.05, 0) is 57.8 Å². The maximum atomic E-state index is 12.5. The molecule has 0 aromatic rings. The number of esters is 1. The van der Waals surface area contributed by atoms with Gasteiger partial charge in [-0.1, -0.05) is 289 Å². The van der Waals surface area contributed by atoms with Gasteiger partial charge in [-0.3, -0.25) is 9.59 Å². The first-order valence-corrected chi connectivity index (χ1v) is 30.6. The van der Waals surface area contributed by atoms with E-state index in [1.807, 2.05) is 0 Å². The van der Waals surface area contributed by atoms with Crippen molar-refractivity contribution in [2.75, 3.05) is 13.2 Å². The van der Waals surface area contributed by atoms with E-state index in [2.05, 4.69) is 43.5 Å². The number of hydrogen-bond donors (Lipinski definition) is 3. The molecule has 0 aliphatic heterocycles. The van der Waals surface area contributed by atoms with Gasteiger partial charge < -0.3 is 20.3 Å². The molecule has 2 unspecified atom stereocenters. The maximum absolute atomic E-state index is 12.5. The van der Waals surface area contributed by atoms with Gasteiger partial charge >= 0.3 is 5.97 Å². The highest BCUT2D eigenvalue weighted by atomic mass is 16.5. The zero-order chi connectivity index (χ0) is 49.3. The van der Waals surface area contributed by atoms with Crippen LogP contribution in [0.1, 0.15) is 335 Å². The third-order valence-corrected chi connectivity index (χ3v) is 14.3. The van der Waals surface area contributed by atoms with E-state index in [1.54, 1.807) is 0 Å². The summed E-state index contributed by atoms with van der Waals surface area (Å²) in [6.07, 6.45) is 70.3. The zero-order valence-corrected chi connectivity index (χ0v) is 45.9. The number of hydrogen-bond acceptors (Lipinski definition) is 5. The van der Waals surface area contributed by atoms with Crippen molar-refractivity contribution in [3.63, 3.8) is 0 Å². The summed E-state index contributed by atoms with van der Waals surface area (Å²) < 4.78 is 5.48. The van der Waals surface area contributed by atoms with Crippen molar-refractivity contribution in [3.8, 4) is 0 Å². The average molecular weight is 959 g/mol. The molecule has 402 valence electrons. The fourth-order valence-electron chi connectivity index (χ4n) is 9.55. The van der Waals surface area contributed by atoms with Crippen LogP contribution in [-0.4, -0.2) is 47.4 Å². The molecule has 0 radical (unpaired) electrons. The Morgan fingerprint density at radius 3 is 1.15 bits per heavy atom. The molecule has 3 N–H and O–H groups in total. The molecule has 0 bridgehead atoms. The lowest BCUT2D eigenvalue weighted by Gasteiger charge is -2.22. The number of ether oxygens (including phenoxy) is 1. The number of carbonyl (C=O) groups is 2. The van der Waals surface area contributed by atoms with Crippen molar-refractivity contribution < 1.29 is 24.5 Å². The second kappa shape index (κ2) is 57.9. The molecule has 0 aromatic carbocycles. The lowest BCUT2D eigenvalue weighted by molar-refractivity contribution is -0.143. The number of aliphatic hydroxyl groups excluding tert-OH is 2. The van der Waals surface area contributed by atoms with E-state index in [9.17, 15) is 19.8 Å². The van der Waals surface area contributed by atoms with E-state index < -0.39 is 12.1 Å². The van der Waals surface area contributed by atoms with E-state index in [0.717, 1.165) is 51.4 Å². The molecule has 2 atom stereocenters. The van der Waals surface area contributed by atoms with Crippen LogP contribution in [-0.2, 0) is 14.3 Å². The molecule has 0 rings (SSSR count). The standard InChI is InChI=1S/C62H119NO5/c1-3-5-7-9-11-13-15-17-26-30-34-38-42-46-50-54-60(65)59(58-64)63-61(66)55-51-47-43-39-35-31-28-24-22-20-19-21-23-25-29-33-37-41-45-49-53-57-68-62(67)56-52-48-44-40-36-32-27-18-16-14-12-10-8-6-4-2/h12,14,18,27,59-60,64-65H,3-11,13,15-17,19-26,28-58H2,1-2H3,(H,63,66)/b14-12-,27-18-. The zero-order valence-electron chi connectivity index (χ0n) is 45.9. The third kappa shape index (κ3) is 53.7. The topological polar surface area (TPSA) is 95.9 Å². The molecule has 6 nitrogen and oxygen atoms in total. The summed E-state index contributed by atoms with van der Waals surface area (Å²) in [6.45, 7) is 4.94. The summed E-state index contributed by atoms with van der Waals surface area (Å²) in [5.41, 5.74) is 0. The predicted molar refractivity (Wildman–Crippen MR) is 296 cm³/mol. The van der Waals surface area contributed by atoms with E-state index >= 15 is 0 Å². The van der Waals surface area contributed by atoms with E-state index in [1.165, 1.54) is 250 Å². The molecule has 68 heavy (non-hydrogen) atoms. The highest BCUT2D eigenvalue weighted by Gasteiger charge is 2.20. The summed E-state index contributed by atoms with van der Waals surface area (Å²) in [5.74, 6) is -0.0359.